The number of sulfonamides is 1. The van der Waals surface area contributed by atoms with Gasteiger partial charge in [0, 0.05) is 18.0 Å². The van der Waals surface area contributed by atoms with Crippen molar-refractivity contribution in [2.24, 2.45) is 0 Å². The largest absolute Gasteiger partial charge is 0.497 e. The molecule has 0 spiro atoms. The third kappa shape index (κ3) is 5.71. The number of hydrogen-bond donors (Lipinski definition) is 1. The van der Waals surface area contributed by atoms with E-state index in [1.807, 2.05) is 18.2 Å². The molecule has 168 valence electrons. The van der Waals surface area contributed by atoms with Crippen LogP contribution in [-0.4, -0.2) is 34.2 Å². The predicted octanol–water partition coefficient (Wildman–Crippen LogP) is 4.40. The van der Waals surface area contributed by atoms with Gasteiger partial charge >= 0.3 is 0 Å². The first-order valence-electron chi connectivity index (χ1n) is 10.4. The van der Waals surface area contributed by atoms with Gasteiger partial charge in [0.25, 0.3) is 0 Å². The van der Waals surface area contributed by atoms with Crippen LogP contribution in [0.1, 0.15) is 48.4 Å². The summed E-state index contributed by atoms with van der Waals surface area (Å²) in [4.78, 5) is 12.6. The van der Waals surface area contributed by atoms with E-state index >= 15 is 0 Å². The van der Waals surface area contributed by atoms with Gasteiger partial charge in [0.1, 0.15) is 5.75 Å². The van der Waals surface area contributed by atoms with Crippen LogP contribution in [0, 0.1) is 6.92 Å². The maximum Gasteiger partial charge on any atom is 0.232 e. The minimum atomic E-state index is -3.50. The minimum Gasteiger partial charge on any atom is -0.497 e. The second-order valence-corrected chi connectivity index (χ2v) is 10.2. The lowest BCUT2D eigenvalue weighted by Crippen LogP contribution is -2.34. The van der Waals surface area contributed by atoms with Crippen molar-refractivity contribution in [3.63, 3.8) is 0 Å². The lowest BCUT2D eigenvalue weighted by molar-refractivity contribution is -0.122. The van der Waals surface area contributed by atoms with Crippen molar-refractivity contribution in [3.05, 3.63) is 58.1 Å². The van der Waals surface area contributed by atoms with Crippen molar-refractivity contribution in [2.75, 3.05) is 24.2 Å². The van der Waals surface area contributed by atoms with E-state index in [0.717, 1.165) is 30.6 Å². The highest BCUT2D eigenvalue weighted by molar-refractivity contribution is 7.92. The monoisotopic (exact) mass is 464 g/mol. The molecule has 6 nitrogen and oxygen atoms in total. The van der Waals surface area contributed by atoms with Crippen LogP contribution in [0.15, 0.2) is 36.4 Å². The summed E-state index contributed by atoms with van der Waals surface area (Å²) in [7, 11) is -1.85. The van der Waals surface area contributed by atoms with E-state index in [-0.39, 0.29) is 24.9 Å². The summed E-state index contributed by atoms with van der Waals surface area (Å²) in [5, 5.41) is 3.63. The topological polar surface area (TPSA) is 75.7 Å². The first kappa shape index (κ1) is 23.4. The summed E-state index contributed by atoms with van der Waals surface area (Å²) in [5.41, 5.74) is 3.59. The fourth-order valence-electron chi connectivity index (χ4n) is 4.05. The van der Waals surface area contributed by atoms with Gasteiger partial charge in [-0.1, -0.05) is 23.7 Å². The lowest BCUT2D eigenvalue weighted by Gasteiger charge is -2.27. The number of benzene rings is 2. The van der Waals surface area contributed by atoms with Crippen molar-refractivity contribution >= 4 is 33.2 Å². The van der Waals surface area contributed by atoms with Crippen LogP contribution in [0.25, 0.3) is 0 Å². The molecular formula is C23H29ClN2O4S. The van der Waals surface area contributed by atoms with E-state index in [1.165, 1.54) is 16.1 Å². The summed E-state index contributed by atoms with van der Waals surface area (Å²) in [6.45, 7) is 2.00. The molecule has 2 aromatic carbocycles. The Morgan fingerprint density at radius 2 is 2.06 bits per heavy atom. The van der Waals surface area contributed by atoms with Gasteiger partial charge in [-0.25, -0.2) is 8.42 Å². The van der Waals surface area contributed by atoms with E-state index in [4.69, 9.17) is 16.3 Å². The Morgan fingerprint density at radius 3 is 2.77 bits per heavy atom. The van der Waals surface area contributed by atoms with Crippen molar-refractivity contribution < 1.29 is 17.9 Å². The molecule has 1 N–H and O–H groups in total. The summed E-state index contributed by atoms with van der Waals surface area (Å²) in [5.74, 6) is 0.743. The number of methoxy groups -OCH3 is 1. The first-order chi connectivity index (χ1) is 14.7. The van der Waals surface area contributed by atoms with E-state index in [2.05, 4.69) is 5.32 Å². The molecule has 8 heteroatoms. The summed E-state index contributed by atoms with van der Waals surface area (Å²) < 4.78 is 31.3. The van der Waals surface area contributed by atoms with Gasteiger partial charge in [-0.3, -0.25) is 9.10 Å². The molecule has 3 rings (SSSR count). The number of nitrogens with zero attached hydrogens (tertiary/aromatic N) is 1. The predicted molar refractivity (Wildman–Crippen MR) is 124 cm³/mol. The van der Waals surface area contributed by atoms with Gasteiger partial charge in [0.05, 0.1) is 25.1 Å². The summed E-state index contributed by atoms with van der Waals surface area (Å²) in [6, 6.07) is 11.1. The normalized spacial score (nSPS) is 15.8. The molecule has 31 heavy (non-hydrogen) atoms. The Balaban J connectivity index is 1.63. The number of halogens is 1. The van der Waals surface area contributed by atoms with Crippen LogP contribution in [-0.2, 0) is 21.2 Å². The van der Waals surface area contributed by atoms with E-state index in [1.54, 1.807) is 32.2 Å². The van der Waals surface area contributed by atoms with Gasteiger partial charge < -0.3 is 10.1 Å². The Hall–Kier alpha value is -2.25. The lowest BCUT2D eigenvalue weighted by atomic mass is 9.87. The molecule has 0 bridgehead atoms. The Morgan fingerprint density at radius 1 is 1.29 bits per heavy atom. The smallest absolute Gasteiger partial charge is 0.232 e. The summed E-state index contributed by atoms with van der Waals surface area (Å²) in [6.07, 6.45) is 4.69. The van der Waals surface area contributed by atoms with Crippen molar-refractivity contribution in [3.8, 4) is 5.75 Å². The van der Waals surface area contributed by atoms with Crippen molar-refractivity contribution in [2.45, 2.75) is 45.1 Å². The van der Waals surface area contributed by atoms with Gasteiger partial charge in [-0.05, 0) is 73.6 Å². The number of amides is 1. The molecule has 0 fully saturated rings. The van der Waals surface area contributed by atoms with Crippen LogP contribution in [0.3, 0.4) is 0 Å². The first-order valence-corrected chi connectivity index (χ1v) is 12.6. The molecule has 0 saturated heterocycles. The Kier molecular flexibility index (Phi) is 7.49. The molecule has 0 unspecified atom stereocenters. The molecule has 1 aliphatic carbocycles. The van der Waals surface area contributed by atoms with Crippen LogP contribution in [0.5, 0.6) is 5.75 Å². The molecule has 0 radical (unpaired) electrons. The second kappa shape index (κ2) is 9.92. The quantitative estimate of drug-likeness (QED) is 0.628. The van der Waals surface area contributed by atoms with Crippen molar-refractivity contribution in [1.82, 2.24) is 5.32 Å². The van der Waals surface area contributed by atoms with Crippen LogP contribution < -0.4 is 14.4 Å². The van der Waals surface area contributed by atoms with E-state index in [0.29, 0.717) is 22.7 Å². The fraction of sp³-hybridized carbons (Fsp3) is 0.435. The van der Waals surface area contributed by atoms with Gasteiger partial charge in [0.2, 0.25) is 15.9 Å². The maximum atomic E-state index is 12.6. The molecule has 0 saturated carbocycles. The standard InChI is InChI=1S/C23H29ClN2O4S/c1-16-20(24)8-5-10-22(16)26(31(3,28)29)14-6-11-23(27)25-21-9-4-7-17-15-18(30-2)12-13-19(17)21/h5,8,10,12-13,15,21H,4,6-7,9,11,14H2,1-3H3,(H,25,27)/t21-/m0/s1. The number of aryl methyl sites for hydroxylation is 1. The number of carbonyl (C=O) groups is 1. The van der Waals surface area contributed by atoms with E-state index < -0.39 is 10.0 Å². The molecule has 0 heterocycles. The zero-order valence-electron chi connectivity index (χ0n) is 18.2. The number of hydrogen-bond acceptors (Lipinski definition) is 4. The average Bonchev–Trinajstić information content (AvgIpc) is 2.72. The number of anilines is 1. The fourth-order valence-corrected chi connectivity index (χ4v) is 5.23. The van der Waals surface area contributed by atoms with Crippen molar-refractivity contribution in [1.29, 1.82) is 0 Å². The average molecular weight is 465 g/mol. The SMILES string of the molecule is COc1ccc2c(c1)CCC[C@@H]2NC(=O)CCCN(c1cccc(Cl)c1C)S(C)(=O)=O. The molecule has 2 aromatic rings. The number of carbonyl (C=O) groups excluding carboxylic acids is 1. The van der Waals surface area contributed by atoms with E-state index in [9.17, 15) is 13.2 Å². The zero-order chi connectivity index (χ0) is 22.6. The highest BCUT2D eigenvalue weighted by Crippen LogP contribution is 2.32. The molecule has 0 aliphatic heterocycles. The minimum absolute atomic E-state index is 0.0247. The molecule has 1 atom stereocenters. The Labute approximate surface area is 189 Å². The number of rotatable bonds is 8. The number of nitrogens with one attached hydrogen (secondary N) is 1. The van der Waals surface area contributed by atoms with Gasteiger partial charge in [-0.15, -0.1) is 0 Å². The van der Waals surface area contributed by atoms with Gasteiger partial charge in [0.15, 0.2) is 0 Å². The number of ether oxygens (including phenoxy) is 1. The second-order valence-electron chi connectivity index (χ2n) is 7.90. The highest BCUT2D eigenvalue weighted by Gasteiger charge is 2.23. The Bertz CT molecular complexity index is 1060. The number of fused-ring (bicyclic) bond motifs is 1. The third-order valence-corrected chi connectivity index (χ3v) is 7.26. The molecule has 0 aromatic heterocycles. The molecular weight excluding hydrogens is 436 g/mol. The zero-order valence-corrected chi connectivity index (χ0v) is 19.7. The van der Waals surface area contributed by atoms with Gasteiger partial charge in [-0.2, -0.15) is 0 Å². The van der Waals surface area contributed by atoms with Crippen LogP contribution in [0.4, 0.5) is 5.69 Å². The van der Waals surface area contributed by atoms with Crippen LogP contribution >= 0.6 is 11.6 Å². The molecule has 1 aliphatic rings. The van der Waals surface area contributed by atoms with Crippen LogP contribution in [0.2, 0.25) is 5.02 Å². The molecule has 1 amide bonds. The third-order valence-electron chi connectivity index (χ3n) is 5.67. The maximum absolute atomic E-state index is 12.6. The summed E-state index contributed by atoms with van der Waals surface area (Å²) >= 11 is 6.17. The highest BCUT2D eigenvalue weighted by atomic mass is 35.5.